The van der Waals surface area contributed by atoms with Crippen LogP contribution in [0, 0.1) is 29.6 Å². The molecule has 84 valence electrons. The summed E-state index contributed by atoms with van der Waals surface area (Å²) in [6, 6.07) is 0. The molecule has 3 aliphatic carbocycles. The van der Waals surface area contributed by atoms with E-state index < -0.39 is 0 Å². The van der Waals surface area contributed by atoms with E-state index in [1.54, 1.807) is 5.57 Å². The van der Waals surface area contributed by atoms with Crippen molar-refractivity contribution in [1.29, 1.82) is 0 Å². The van der Waals surface area contributed by atoms with Gasteiger partial charge in [0.05, 0.1) is 0 Å². The second-order valence-electron chi connectivity index (χ2n) is 6.32. The van der Waals surface area contributed by atoms with Crippen molar-refractivity contribution in [1.82, 2.24) is 0 Å². The molecule has 0 bridgehead atoms. The molecule has 3 rings (SSSR count). The molecule has 0 radical (unpaired) electrons. The highest BCUT2D eigenvalue weighted by Gasteiger charge is 2.47. The number of hydrogen-bond acceptors (Lipinski definition) is 0. The minimum atomic E-state index is 0.925. The second-order valence-corrected chi connectivity index (χ2v) is 6.32. The minimum absolute atomic E-state index is 0.925. The maximum Gasteiger partial charge on any atom is -0.0172 e. The quantitative estimate of drug-likeness (QED) is 0.513. The molecule has 0 aromatic carbocycles. The van der Waals surface area contributed by atoms with Gasteiger partial charge in [-0.3, -0.25) is 0 Å². The summed E-state index contributed by atoms with van der Waals surface area (Å²) in [5, 5.41) is 0. The number of hydrogen-bond donors (Lipinski definition) is 0. The van der Waals surface area contributed by atoms with Crippen molar-refractivity contribution >= 4 is 0 Å². The van der Waals surface area contributed by atoms with Gasteiger partial charge in [-0.1, -0.05) is 38.3 Å². The number of allylic oxidation sites excluding steroid dienone is 1. The molecule has 0 heterocycles. The van der Waals surface area contributed by atoms with Crippen molar-refractivity contribution in [2.75, 3.05) is 0 Å². The fraction of sp³-hybridized carbons (Fsp3) is 0.867. The van der Waals surface area contributed by atoms with Crippen molar-refractivity contribution in [3.8, 4) is 0 Å². The second kappa shape index (κ2) is 3.64. The summed E-state index contributed by atoms with van der Waals surface area (Å²) in [7, 11) is 0. The molecule has 0 nitrogen and oxygen atoms in total. The Balaban J connectivity index is 1.84. The van der Waals surface area contributed by atoms with E-state index >= 15 is 0 Å². The van der Waals surface area contributed by atoms with Gasteiger partial charge < -0.3 is 0 Å². The van der Waals surface area contributed by atoms with Gasteiger partial charge in [0.15, 0.2) is 0 Å². The zero-order valence-electron chi connectivity index (χ0n) is 10.0. The molecule has 3 fully saturated rings. The lowest BCUT2D eigenvalue weighted by atomic mass is 9.71. The standard InChI is InChI=1S/C15H24/c1-10-7-8-13-11(2)12-5-3-4-6-14(12)15(13)9-10/h10,12-15H,2-9H2,1H3. The summed E-state index contributed by atoms with van der Waals surface area (Å²) in [5.74, 6) is 4.92. The normalized spacial score (nSPS) is 49.9. The van der Waals surface area contributed by atoms with Crippen LogP contribution in [0.15, 0.2) is 12.2 Å². The Morgan fingerprint density at radius 3 is 2.53 bits per heavy atom. The molecule has 0 aromatic heterocycles. The first-order valence-electron chi connectivity index (χ1n) is 6.96. The Bertz CT molecular complexity index is 265. The van der Waals surface area contributed by atoms with Crippen molar-refractivity contribution in [2.24, 2.45) is 29.6 Å². The van der Waals surface area contributed by atoms with Gasteiger partial charge in [-0.05, 0) is 55.3 Å². The van der Waals surface area contributed by atoms with Crippen LogP contribution in [0.5, 0.6) is 0 Å². The van der Waals surface area contributed by atoms with Gasteiger partial charge >= 0.3 is 0 Å². The molecule has 0 aromatic rings. The summed E-state index contributed by atoms with van der Waals surface area (Å²) in [6.07, 6.45) is 10.4. The van der Waals surface area contributed by atoms with Gasteiger partial charge in [-0.15, -0.1) is 0 Å². The van der Waals surface area contributed by atoms with Crippen molar-refractivity contribution in [2.45, 2.75) is 51.9 Å². The highest BCUT2D eigenvalue weighted by Crippen LogP contribution is 2.57. The lowest BCUT2D eigenvalue weighted by Crippen LogP contribution is -2.25. The number of fused-ring (bicyclic) bond motifs is 3. The third kappa shape index (κ3) is 1.48. The van der Waals surface area contributed by atoms with Crippen LogP contribution >= 0.6 is 0 Å². The topological polar surface area (TPSA) is 0 Å². The van der Waals surface area contributed by atoms with Gasteiger partial charge in [0.1, 0.15) is 0 Å². The van der Waals surface area contributed by atoms with Gasteiger partial charge in [0.25, 0.3) is 0 Å². The van der Waals surface area contributed by atoms with E-state index in [-0.39, 0.29) is 0 Å². The third-order valence-electron chi connectivity index (χ3n) is 5.48. The van der Waals surface area contributed by atoms with E-state index in [1.165, 1.54) is 44.9 Å². The largest absolute Gasteiger partial charge is 0.0993 e. The molecule has 0 heteroatoms. The van der Waals surface area contributed by atoms with Crippen LogP contribution in [-0.4, -0.2) is 0 Å². The molecule has 5 unspecified atom stereocenters. The van der Waals surface area contributed by atoms with Gasteiger partial charge in [-0.25, -0.2) is 0 Å². The first-order valence-corrected chi connectivity index (χ1v) is 6.96. The SMILES string of the molecule is C=C1C2CCCCC2C2CC(C)CCC12. The van der Waals surface area contributed by atoms with Crippen LogP contribution in [0.25, 0.3) is 0 Å². The summed E-state index contributed by atoms with van der Waals surface area (Å²) in [4.78, 5) is 0. The number of rotatable bonds is 0. The minimum Gasteiger partial charge on any atom is -0.0993 e. The molecule has 15 heavy (non-hydrogen) atoms. The van der Waals surface area contributed by atoms with Crippen LogP contribution in [-0.2, 0) is 0 Å². The van der Waals surface area contributed by atoms with E-state index in [4.69, 9.17) is 0 Å². The molecule has 3 aliphatic rings. The van der Waals surface area contributed by atoms with E-state index in [2.05, 4.69) is 13.5 Å². The summed E-state index contributed by atoms with van der Waals surface area (Å²) in [5.41, 5.74) is 1.66. The average molecular weight is 204 g/mol. The van der Waals surface area contributed by atoms with Crippen LogP contribution in [0.1, 0.15) is 51.9 Å². The lowest BCUT2D eigenvalue weighted by molar-refractivity contribution is 0.155. The van der Waals surface area contributed by atoms with E-state index in [9.17, 15) is 0 Å². The average Bonchev–Trinajstić information content (AvgIpc) is 2.54. The van der Waals surface area contributed by atoms with E-state index in [1.807, 2.05) is 0 Å². The van der Waals surface area contributed by atoms with Gasteiger partial charge in [0, 0.05) is 0 Å². The van der Waals surface area contributed by atoms with Crippen molar-refractivity contribution in [3.05, 3.63) is 12.2 Å². The Kier molecular flexibility index (Phi) is 2.41. The van der Waals surface area contributed by atoms with Crippen LogP contribution < -0.4 is 0 Å². The third-order valence-corrected chi connectivity index (χ3v) is 5.48. The summed E-state index contributed by atoms with van der Waals surface area (Å²) in [6.45, 7) is 6.90. The van der Waals surface area contributed by atoms with E-state index in [0.717, 1.165) is 29.6 Å². The molecule has 0 amide bonds. The smallest absolute Gasteiger partial charge is 0.0172 e. The predicted octanol–water partition coefficient (Wildman–Crippen LogP) is 4.42. The molecular weight excluding hydrogens is 180 g/mol. The van der Waals surface area contributed by atoms with Crippen LogP contribution in [0.3, 0.4) is 0 Å². The predicted molar refractivity (Wildman–Crippen MR) is 64.6 cm³/mol. The van der Waals surface area contributed by atoms with Crippen LogP contribution in [0.2, 0.25) is 0 Å². The first-order chi connectivity index (χ1) is 7.27. The fourth-order valence-electron chi connectivity index (χ4n) is 4.77. The Morgan fingerprint density at radius 2 is 1.67 bits per heavy atom. The molecule has 0 saturated heterocycles. The van der Waals surface area contributed by atoms with Gasteiger partial charge in [-0.2, -0.15) is 0 Å². The maximum absolute atomic E-state index is 4.45. The molecule has 0 aliphatic heterocycles. The maximum atomic E-state index is 4.45. The molecule has 0 N–H and O–H groups in total. The highest BCUT2D eigenvalue weighted by molar-refractivity contribution is 5.19. The molecular formula is C15H24. The first kappa shape index (κ1) is 9.93. The fourth-order valence-corrected chi connectivity index (χ4v) is 4.77. The molecule has 5 atom stereocenters. The Hall–Kier alpha value is -0.260. The van der Waals surface area contributed by atoms with Crippen molar-refractivity contribution in [3.63, 3.8) is 0 Å². The lowest BCUT2D eigenvalue weighted by Gasteiger charge is -2.34. The Morgan fingerprint density at radius 1 is 0.933 bits per heavy atom. The Labute approximate surface area is 94.1 Å². The molecule has 3 saturated carbocycles. The molecule has 0 spiro atoms. The zero-order valence-corrected chi connectivity index (χ0v) is 10.0. The van der Waals surface area contributed by atoms with Crippen LogP contribution in [0.4, 0.5) is 0 Å². The van der Waals surface area contributed by atoms with Gasteiger partial charge in [0.2, 0.25) is 0 Å². The summed E-state index contributed by atoms with van der Waals surface area (Å²) >= 11 is 0. The zero-order chi connectivity index (χ0) is 10.4. The van der Waals surface area contributed by atoms with Crippen molar-refractivity contribution < 1.29 is 0 Å². The highest BCUT2D eigenvalue weighted by atomic mass is 14.5. The van der Waals surface area contributed by atoms with E-state index in [0.29, 0.717) is 0 Å². The monoisotopic (exact) mass is 204 g/mol. The summed E-state index contributed by atoms with van der Waals surface area (Å²) < 4.78 is 0.